The first-order valence-electron chi connectivity index (χ1n) is 3.95. The van der Waals surface area contributed by atoms with E-state index in [4.69, 9.17) is 1.37 Å². The Morgan fingerprint density at radius 2 is 2.00 bits per heavy atom. The second-order valence-corrected chi connectivity index (χ2v) is 2.27. The molecule has 0 amide bonds. The molecule has 0 aliphatic carbocycles. The number of methoxy groups -OCH3 is 1. The van der Waals surface area contributed by atoms with Gasteiger partial charge in [0, 0.05) is 6.07 Å². The molecule has 0 atom stereocenters. The molecule has 0 aliphatic rings. The van der Waals surface area contributed by atoms with Crippen LogP contribution in [0.5, 0.6) is 5.75 Å². The Hall–Kier alpha value is -2.18. The van der Waals surface area contributed by atoms with Crippen LogP contribution in [0.3, 0.4) is 0 Å². The quantitative estimate of drug-likeness (QED) is 0.543. The van der Waals surface area contributed by atoms with Gasteiger partial charge in [-0.05, 0) is 6.07 Å². The molecule has 0 heterocycles. The maximum Gasteiger partial charge on any atom is 0.317 e. The van der Waals surface area contributed by atoms with Gasteiger partial charge in [-0.2, -0.15) is 0 Å². The number of ether oxygens (including phenoxy) is 1. The third-order valence-corrected chi connectivity index (χ3v) is 1.47. The van der Waals surface area contributed by atoms with E-state index >= 15 is 0 Å². The molecule has 0 radical (unpaired) electrons. The van der Waals surface area contributed by atoms with Crippen molar-refractivity contribution in [1.82, 2.24) is 0 Å². The highest BCUT2D eigenvalue weighted by atomic mass is 16.6. The predicted molar refractivity (Wildman–Crippen MR) is 46.3 cm³/mol. The lowest BCUT2D eigenvalue weighted by molar-refractivity contribution is -0.394. The monoisotopic (exact) mass is 199 g/mol. The molecule has 0 N–H and O–H groups in total. The summed E-state index contributed by atoms with van der Waals surface area (Å²) in [6.07, 6.45) is 0. The molecule has 7 heteroatoms. The summed E-state index contributed by atoms with van der Waals surface area (Å²) in [7, 11) is 1.19. The zero-order chi connectivity index (χ0) is 11.6. The van der Waals surface area contributed by atoms with E-state index in [1.54, 1.807) is 0 Å². The van der Waals surface area contributed by atoms with Gasteiger partial charge in [-0.1, -0.05) is 0 Å². The Morgan fingerprint density at radius 3 is 2.43 bits per heavy atom. The molecule has 74 valence electrons. The summed E-state index contributed by atoms with van der Waals surface area (Å²) in [6.45, 7) is 0. The summed E-state index contributed by atoms with van der Waals surface area (Å²) in [6, 6.07) is 1.33. The van der Waals surface area contributed by atoms with E-state index < -0.39 is 27.3 Å². The fourth-order valence-electron chi connectivity index (χ4n) is 0.865. The van der Waals surface area contributed by atoms with Crippen LogP contribution in [-0.2, 0) is 0 Å². The van der Waals surface area contributed by atoms with Gasteiger partial charge < -0.3 is 4.74 Å². The van der Waals surface area contributed by atoms with E-state index in [2.05, 4.69) is 4.74 Å². The summed E-state index contributed by atoms with van der Waals surface area (Å²) in [4.78, 5) is 19.2. The van der Waals surface area contributed by atoms with E-state index in [-0.39, 0.29) is 5.75 Å². The molecule has 0 spiro atoms. The molecule has 14 heavy (non-hydrogen) atoms. The number of nitro groups is 2. The number of nitrogens with zero attached hydrogens (tertiary/aromatic N) is 2. The Bertz CT molecular complexity index is 434. The molecule has 0 bridgehead atoms. The van der Waals surface area contributed by atoms with E-state index in [0.29, 0.717) is 0 Å². The van der Waals surface area contributed by atoms with Crippen molar-refractivity contribution in [3.63, 3.8) is 0 Å². The van der Waals surface area contributed by atoms with Crippen LogP contribution in [0, 0.1) is 20.2 Å². The molecular weight excluding hydrogens is 192 g/mol. The lowest BCUT2D eigenvalue weighted by atomic mass is 10.2. The number of hydrogen-bond donors (Lipinski definition) is 0. The van der Waals surface area contributed by atoms with Crippen molar-refractivity contribution in [2.45, 2.75) is 0 Å². The Labute approximate surface area is 79.6 Å². The lowest BCUT2D eigenvalue weighted by Crippen LogP contribution is -1.95. The van der Waals surface area contributed by atoms with E-state index in [1.807, 2.05) is 0 Å². The van der Waals surface area contributed by atoms with Crippen molar-refractivity contribution in [3.8, 4) is 5.75 Å². The zero-order valence-electron chi connectivity index (χ0n) is 8.09. The number of benzene rings is 1. The van der Waals surface area contributed by atoms with Gasteiger partial charge in [0.05, 0.1) is 24.4 Å². The molecule has 7 nitrogen and oxygen atoms in total. The van der Waals surface area contributed by atoms with Crippen molar-refractivity contribution in [2.75, 3.05) is 7.11 Å². The molecule has 1 aromatic carbocycles. The Morgan fingerprint density at radius 1 is 1.36 bits per heavy atom. The molecule has 0 fully saturated rings. The summed E-state index contributed by atoms with van der Waals surface area (Å²) in [5, 5.41) is 21.0. The van der Waals surface area contributed by atoms with E-state index in [1.165, 1.54) is 7.11 Å². The molecule has 0 saturated heterocycles. The van der Waals surface area contributed by atoms with Crippen molar-refractivity contribution >= 4 is 11.4 Å². The van der Waals surface area contributed by atoms with Gasteiger partial charge in [-0.15, -0.1) is 0 Å². The maximum absolute atomic E-state index is 10.6. The second kappa shape index (κ2) is 3.69. The minimum Gasteiger partial charge on any atom is -0.490 e. The van der Waals surface area contributed by atoms with Crippen LogP contribution in [0.1, 0.15) is 1.37 Å². The van der Waals surface area contributed by atoms with Crippen LogP contribution in [-0.4, -0.2) is 17.0 Å². The van der Waals surface area contributed by atoms with Crippen LogP contribution in [0.2, 0.25) is 0 Å². The van der Waals surface area contributed by atoms with Crippen molar-refractivity contribution in [3.05, 3.63) is 38.4 Å². The summed E-state index contributed by atoms with van der Waals surface area (Å²) >= 11 is 0. The van der Waals surface area contributed by atoms with Crippen LogP contribution in [0.25, 0.3) is 0 Å². The first-order valence-corrected chi connectivity index (χ1v) is 3.45. The van der Waals surface area contributed by atoms with Crippen LogP contribution in [0.4, 0.5) is 11.4 Å². The van der Waals surface area contributed by atoms with Gasteiger partial charge in [-0.3, -0.25) is 20.2 Å². The highest BCUT2D eigenvalue weighted by Crippen LogP contribution is 2.30. The summed E-state index contributed by atoms with van der Waals surface area (Å²) in [5.74, 6) is -0.171. The normalized spacial score (nSPS) is 10.5. The smallest absolute Gasteiger partial charge is 0.317 e. The number of nitro benzene ring substituents is 2. The minimum absolute atomic E-state index is 0.171. The molecule has 0 aliphatic heterocycles. The molecule has 0 unspecified atom stereocenters. The second-order valence-electron chi connectivity index (χ2n) is 2.27. The molecule has 1 rings (SSSR count). The van der Waals surface area contributed by atoms with E-state index in [9.17, 15) is 20.2 Å². The highest BCUT2D eigenvalue weighted by Gasteiger charge is 2.19. The lowest BCUT2D eigenvalue weighted by Gasteiger charge is -1.99. The summed E-state index contributed by atoms with van der Waals surface area (Å²) in [5.41, 5.74) is -1.32. The van der Waals surface area contributed by atoms with E-state index in [0.717, 1.165) is 12.1 Å². The zero-order valence-corrected chi connectivity index (χ0v) is 7.09. The van der Waals surface area contributed by atoms with Crippen LogP contribution in [0.15, 0.2) is 18.2 Å². The third-order valence-electron chi connectivity index (χ3n) is 1.47. The minimum atomic E-state index is -0.881. The van der Waals surface area contributed by atoms with Crippen molar-refractivity contribution in [2.24, 2.45) is 0 Å². The van der Waals surface area contributed by atoms with Gasteiger partial charge in [0.2, 0.25) is 0 Å². The topological polar surface area (TPSA) is 95.5 Å². The van der Waals surface area contributed by atoms with Crippen molar-refractivity contribution in [1.29, 1.82) is 0 Å². The maximum atomic E-state index is 10.6. The first kappa shape index (κ1) is 8.42. The number of rotatable bonds is 3. The van der Waals surface area contributed by atoms with Crippen LogP contribution >= 0.6 is 0 Å². The molecular formula is C7H6N2O5. The average Bonchev–Trinajstić information content (AvgIpc) is 2.15. The standard InChI is InChI=1S/C7H6N2O5/c1-14-7-3-2-5(8(10)11)4-6(7)9(12)13/h2-4H,1H3/i4D. The molecule has 0 aromatic heterocycles. The van der Waals surface area contributed by atoms with Gasteiger partial charge in [-0.25, -0.2) is 0 Å². The van der Waals surface area contributed by atoms with Gasteiger partial charge in [0.15, 0.2) is 5.75 Å². The fraction of sp³-hybridized carbons (Fsp3) is 0.143. The SMILES string of the molecule is [2H]c1c([N+](=O)[O-])ccc(OC)c1[N+](=O)[O-]. The van der Waals surface area contributed by atoms with Crippen LogP contribution < -0.4 is 4.74 Å². The van der Waals surface area contributed by atoms with Gasteiger partial charge in [0.1, 0.15) is 0 Å². The van der Waals surface area contributed by atoms with Crippen molar-refractivity contribution < 1.29 is 16.0 Å². The Kier molecular flexibility index (Phi) is 2.22. The fourth-order valence-corrected chi connectivity index (χ4v) is 0.865. The predicted octanol–water partition coefficient (Wildman–Crippen LogP) is 1.51. The number of hydrogen-bond acceptors (Lipinski definition) is 5. The van der Waals surface area contributed by atoms with Gasteiger partial charge in [0.25, 0.3) is 5.69 Å². The third kappa shape index (κ3) is 1.76. The summed E-state index contributed by atoms with van der Waals surface area (Å²) < 4.78 is 11.9. The average molecular weight is 199 g/mol. The van der Waals surface area contributed by atoms with Gasteiger partial charge >= 0.3 is 5.69 Å². The Balaban J connectivity index is 3.49. The molecule has 0 saturated carbocycles. The first-order chi connectivity index (χ1) is 6.99. The largest absolute Gasteiger partial charge is 0.490 e. The highest BCUT2D eigenvalue weighted by molar-refractivity contribution is 5.53. The molecule has 1 aromatic rings.